The molecule has 0 spiro atoms. The quantitative estimate of drug-likeness (QED) is 0.833. The van der Waals surface area contributed by atoms with Crippen LogP contribution in [0, 0.1) is 5.92 Å². The number of rotatable bonds is 3. The van der Waals surface area contributed by atoms with Crippen LogP contribution in [-0.2, 0) is 4.79 Å². The van der Waals surface area contributed by atoms with Gasteiger partial charge in [0, 0.05) is 31.1 Å². The topological polar surface area (TPSA) is 61.4 Å². The molecule has 0 radical (unpaired) electrons. The molecule has 1 saturated heterocycles. The predicted octanol–water partition coefficient (Wildman–Crippen LogP) is 2.12. The SMILES string of the molecule is CC(C)CC(=O)NC1CCN(C(=O)NC(C)(C)C)CC1. The van der Waals surface area contributed by atoms with Crippen molar-refractivity contribution in [2.45, 2.75) is 65.5 Å². The van der Waals surface area contributed by atoms with Gasteiger partial charge >= 0.3 is 6.03 Å². The molecule has 2 N–H and O–H groups in total. The first-order valence-electron chi connectivity index (χ1n) is 7.54. The first kappa shape index (κ1) is 16.8. The maximum atomic E-state index is 12.0. The number of likely N-dealkylation sites (tertiary alicyclic amines) is 1. The number of carbonyl (C=O) groups excluding carboxylic acids is 2. The van der Waals surface area contributed by atoms with E-state index in [9.17, 15) is 9.59 Å². The zero-order valence-corrected chi connectivity index (χ0v) is 13.5. The van der Waals surface area contributed by atoms with Crippen molar-refractivity contribution < 1.29 is 9.59 Å². The van der Waals surface area contributed by atoms with Crippen molar-refractivity contribution in [1.29, 1.82) is 0 Å². The zero-order valence-electron chi connectivity index (χ0n) is 13.5. The van der Waals surface area contributed by atoms with E-state index < -0.39 is 0 Å². The Balaban J connectivity index is 2.33. The molecule has 0 saturated carbocycles. The van der Waals surface area contributed by atoms with Gasteiger partial charge in [-0.3, -0.25) is 4.79 Å². The number of hydrogen-bond donors (Lipinski definition) is 2. The third-order valence-electron chi connectivity index (χ3n) is 3.22. The van der Waals surface area contributed by atoms with Gasteiger partial charge in [-0.05, 0) is 39.5 Å². The summed E-state index contributed by atoms with van der Waals surface area (Å²) in [7, 11) is 0. The number of piperidine rings is 1. The van der Waals surface area contributed by atoms with Gasteiger partial charge in [-0.1, -0.05) is 13.8 Å². The van der Waals surface area contributed by atoms with E-state index in [0.717, 1.165) is 12.8 Å². The van der Waals surface area contributed by atoms with E-state index in [-0.39, 0.29) is 23.5 Å². The smallest absolute Gasteiger partial charge is 0.317 e. The van der Waals surface area contributed by atoms with Gasteiger partial charge in [0.1, 0.15) is 0 Å². The van der Waals surface area contributed by atoms with Crippen LogP contribution in [0.4, 0.5) is 4.79 Å². The van der Waals surface area contributed by atoms with Gasteiger partial charge in [0.15, 0.2) is 0 Å². The van der Waals surface area contributed by atoms with Crippen LogP contribution >= 0.6 is 0 Å². The third-order valence-corrected chi connectivity index (χ3v) is 3.22. The lowest BCUT2D eigenvalue weighted by Gasteiger charge is -2.34. The van der Waals surface area contributed by atoms with Crippen molar-refractivity contribution >= 4 is 11.9 Å². The Bertz CT molecular complexity index is 340. The summed E-state index contributed by atoms with van der Waals surface area (Å²) in [5, 5.41) is 6.03. The second kappa shape index (κ2) is 6.95. The lowest BCUT2D eigenvalue weighted by molar-refractivity contribution is -0.122. The first-order valence-corrected chi connectivity index (χ1v) is 7.54. The van der Waals surface area contributed by atoms with Crippen LogP contribution in [0.15, 0.2) is 0 Å². The van der Waals surface area contributed by atoms with Crippen LogP contribution in [0.2, 0.25) is 0 Å². The van der Waals surface area contributed by atoms with E-state index in [1.54, 1.807) is 0 Å². The standard InChI is InChI=1S/C15H29N3O2/c1-11(2)10-13(19)16-12-6-8-18(9-7-12)14(20)17-15(3,4)5/h11-12H,6-10H2,1-5H3,(H,16,19)(H,17,20). The molecule has 5 heteroatoms. The average molecular weight is 283 g/mol. The highest BCUT2D eigenvalue weighted by Gasteiger charge is 2.25. The Hall–Kier alpha value is -1.26. The van der Waals surface area contributed by atoms with E-state index in [2.05, 4.69) is 10.6 Å². The molecule has 1 heterocycles. The highest BCUT2D eigenvalue weighted by Crippen LogP contribution is 2.12. The van der Waals surface area contributed by atoms with Crippen LogP contribution in [0.1, 0.15) is 53.9 Å². The number of hydrogen-bond acceptors (Lipinski definition) is 2. The number of nitrogens with one attached hydrogen (secondary N) is 2. The molecule has 0 aromatic rings. The minimum Gasteiger partial charge on any atom is -0.353 e. The summed E-state index contributed by atoms with van der Waals surface area (Å²) in [6, 6.07) is 0.199. The van der Waals surface area contributed by atoms with Gasteiger partial charge in [-0.25, -0.2) is 4.79 Å². The van der Waals surface area contributed by atoms with E-state index in [0.29, 0.717) is 25.4 Å². The molecule has 0 aliphatic carbocycles. The van der Waals surface area contributed by atoms with Crippen LogP contribution < -0.4 is 10.6 Å². The van der Waals surface area contributed by atoms with Crippen LogP contribution in [0.5, 0.6) is 0 Å². The number of amides is 3. The van der Waals surface area contributed by atoms with Gasteiger partial charge in [0.2, 0.25) is 5.91 Å². The Morgan fingerprint density at radius 1 is 1.20 bits per heavy atom. The number of urea groups is 1. The number of carbonyl (C=O) groups is 2. The van der Waals surface area contributed by atoms with Crippen molar-refractivity contribution in [3.63, 3.8) is 0 Å². The fraction of sp³-hybridized carbons (Fsp3) is 0.867. The van der Waals surface area contributed by atoms with Crippen LogP contribution in [0.3, 0.4) is 0 Å². The van der Waals surface area contributed by atoms with Gasteiger partial charge in [-0.15, -0.1) is 0 Å². The van der Waals surface area contributed by atoms with Crippen molar-refractivity contribution in [2.24, 2.45) is 5.92 Å². The molecule has 0 atom stereocenters. The fourth-order valence-electron chi connectivity index (χ4n) is 2.28. The van der Waals surface area contributed by atoms with Crippen molar-refractivity contribution in [3.05, 3.63) is 0 Å². The molecule has 1 aliphatic heterocycles. The van der Waals surface area contributed by atoms with E-state index in [4.69, 9.17) is 0 Å². The molecule has 1 rings (SSSR count). The molecule has 116 valence electrons. The Labute approximate surface area is 122 Å². The lowest BCUT2D eigenvalue weighted by atomic mass is 10.0. The molecular weight excluding hydrogens is 254 g/mol. The first-order chi connectivity index (χ1) is 9.17. The van der Waals surface area contributed by atoms with Gasteiger partial charge < -0.3 is 15.5 Å². The Kier molecular flexibility index (Phi) is 5.84. The second-order valence-electron chi connectivity index (χ2n) is 7.11. The summed E-state index contributed by atoms with van der Waals surface area (Å²) in [4.78, 5) is 25.6. The predicted molar refractivity (Wildman–Crippen MR) is 80.5 cm³/mol. The lowest BCUT2D eigenvalue weighted by Crippen LogP contribution is -2.53. The molecule has 0 aromatic heterocycles. The summed E-state index contributed by atoms with van der Waals surface area (Å²) in [6.07, 6.45) is 2.24. The maximum Gasteiger partial charge on any atom is 0.317 e. The second-order valence-corrected chi connectivity index (χ2v) is 7.11. The summed E-state index contributed by atoms with van der Waals surface area (Å²) in [6.45, 7) is 11.4. The van der Waals surface area contributed by atoms with E-state index in [1.165, 1.54) is 0 Å². The molecule has 5 nitrogen and oxygen atoms in total. The highest BCUT2D eigenvalue weighted by molar-refractivity contribution is 5.77. The minimum atomic E-state index is -0.209. The molecule has 0 unspecified atom stereocenters. The molecule has 0 bridgehead atoms. The molecular formula is C15H29N3O2. The largest absolute Gasteiger partial charge is 0.353 e. The summed E-state index contributed by atoms with van der Waals surface area (Å²) in [5.41, 5.74) is -0.209. The Morgan fingerprint density at radius 3 is 2.20 bits per heavy atom. The molecule has 0 aromatic carbocycles. The molecule has 3 amide bonds. The van der Waals surface area contributed by atoms with Gasteiger partial charge in [-0.2, -0.15) is 0 Å². The zero-order chi connectivity index (χ0) is 15.3. The van der Waals surface area contributed by atoms with Crippen LogP contribution in [-0.4, -0.2) is 41.5 Å². The number of nitrogens with zero attached hydrogens (tertiary/aromatic N) is 1. The molecule has 1 fully saturated rings. The Morgan fingerprint density at radius 2 is 1.75 bits per heavy atom. The minimum absolute atomic E-state index is 0.00976. The van der Waals surface area contributed by atoms with Gasteiger partial charge in [0.25, 0.3) is 0 Å². The average Bonchev–Trinajstić information content (AvgIpc) is 2.26. The third kappa shape index (κ3) is 6.26. The fourth-order valence-corrected chi connectivity index (χ4v) is 2.28. The van der Waals surface area contributed by atoms with E-state index in [1.807, 2.05) is 39.5 Å². The normalized spacial score (nSPS) is 17.2. The van der Waals surface area contributed by atoms with Crippen LogP contribution in [0.25, 0.3) is 0 Å². The monoisotopic (exact) mass is 283 g/mol. The van der Waals surface area contributed by atoms with Crippen molar-refractivity contribution in [3.8, 4) is 0 Å². The van der Waals surface area contributed by atoms with Crippen molar-refractivity contribution in [2.75, 3.05) is 13.1 Å². The van der Waals surface area contributed by atoms with Gasteiger partial charge in [0.05, 0.1) is 0 Å². The van der Waals surface area contributed by atoms with E-state index >= 15 is 0 Å². The highest BCUT2D eigenvalue weighted by atomic mass is 16.2. The summed E-state index contributed by atoms with van der Waals surface area (Å²) < 4.78 is 0. The molecule has 1 aliphatic rings. The van der Waals surface area contributed by atoms with Crippen molar-refractivity contribution in [1.82, 2.24) is 15.5 Å². The summed E-state index contributed by atoms with van der Waals surface area (Å²) in [5.74, 6) is 0.505. The summed E-state index contributed by atoms with van der Waals surface area (Å²) >= 11 is 0. The molecule has 20 heavy (non-hydrogen) atoms. The maximum absolute atomic E-state index is 12.0.